The van der Waals surface area contributed by atoms with Gasteiger partial charge in [0, 0.05) is 7.85 Å². The molecule has 2 aromatic carbocycles. The third kappa shape index (κ3) is 8.26. The summed E-state index contributed by atoms with van der Waals surface area (Å²) in [6.45, 7) is 0.382. The minimum atomic E-state index is -4.58. The molecule has 0 aromatic heterocycles. The van der Waals surface area contributed by atoms with Crippen LogP contribution in [0.4, 0.5) is 0 Å². The lowest BCUT2D eigenvalue weighted by Crippen LogP contribution is -2.31. The second-order valence-electron chi connectivity index (χ2n) is 7.15. The number of carboxylic acids is 1. The molecule has 3 atom stereocenters. The van der Waals surface area contributed by atoms with Crippen LogP contribution in [0.2, 0.25) is 0 Å². The van der Waals surface area contributed by atoms with Crippen LogP contribution in [-0.4, -0.2) is 34.5 Å². The smallest absolute Gasteiger partial charge is 0.355 e. The number of unbranched alkanes of at least 4 members (excludes halogenated alkanes) is 1. The van der Waals surface area contributed by atoms with Crippen LogP contribution in [0.1, 0.15) is 44.0 Å². The minimum Gasteiger partial charge on any atom is -0.479 e. The summed E-state index contributed by atoms with van der Waals surface area (Å²) in [5.41, 5.74) is 6.74. The number of aryl methyl sites for hydroxylation is 1. The lowest BCUT2D eigenvalue weighted by molar-refractivity contribution is -0.145. The first-order valence-corrected chi connectivity index (χ1v) is 11.8. The zero-order valence-electron chi connectivity index (χ0n) is 17.2. The monoisotopic (exact) mass is 450 g/mol. The maximum Gasteiger partial charge on any atom is 0.355 e. The number of hydrogen-bond donors (Lipinski definition) is 4. The highest BCUT2D eigenvalue weighted by molar-refractivity contribution is 7.53. The van der Waals surface area contributed by atoms with Crippen LogP contribution in [0.5, 0.6) is 0 Å². The van der Waals surface area contributed by atoms with Crippen molar-refractivity contribution in [2.75, 3.05) is 6.54 Å². The Morgan fingerprint density at radius 3 is 2.26 bits per heavy atom. The molecule has 8 nitrogen and oxygen atoms in total. The molecule has 2 aromatic rings. The van der Waals surface area contributed by atoms with Gasteiger partial charge in [0.25, 0.3) is 0 Å². The van der Waals surface area contributed by atoms with Crippen LogP contribution in [0.25, 0.3) is 0 Å². The normalized spacial score (nSPS) is 14.9. The molecule has 0 spiro atoms. The van der Waals surface area contributed by atoms with Gasteiger partial charge < -0.3 is 21.1 Å². The van der Waals surface area contributed by atoms with Crippen LogP contribution in [0, 0.1) is 0 Å². The Hall–Kier alpha value is -2.51. The first-order chi connectivity index (χ1) is 14.8. The Morgan fingerprint density at radius 2 is 1.68 bits per heavy atom. The van der Waals surface area contributed by atoms with Crippen molar-refractivity contribution in [3.8, 4) is 0 Å². The van der Waals surface area contributed by atoms with E-state index in [1.165, 1.54) is 0 Å². The van der Waals surface area contributed by atoms with Gasteiger partial charge >= 0.3 is 13.6 Å². The molecule has 0 aliphatic rings. The fourth-order valence-corrected chi connectivity index (χ4v) is 4.59. The van der Waals surface area contributed by atoms with Crippen molar-refractivity contribution in [2.45, 2.75) is 44.0 Å². The molecule has 0 saturated heterocycles. The first-order valence-electron chi connectivity index (χ1n) is 10.2. The lowest BCUT2D eigenvalue weighted by Gasteiger charge is -2.26. The number of nitrogens with two attached hydrogens (primary N) is 1. The average molecular weight is 450 g/mol. The minimum absolute atomic E-state index is 0. The third-order valence-corrected chi connectivity index (χ3v) is 6.33. The molecule has 5 N–H and O–H groups in total. The van der Waals surface area contributed by atoms with Gasteiger partial charge in [-0.25, -0.2) is 4.79 Å². The second kappa shape index (κ2) is 12.4. The van der Waals surface area contributed by atoms with Crippen molar-refractivity contribution in [1.82, 2.24) is 5.32 Å². The second-order valence-corrected chi connectivity index (χ2v) is 9.00. The van der Waals surface area contributed by atoms with Gasteiger partial charge in [-0.15, -0.1) is 0 Å². The number of benzene rings is 2. The summed E-state index contributed by atoms with van der Waals surface area (Å²) in [5, 5.41) is 12.0. The molecule has 3 unspecified atom stereocenters. The summed E-state index contributed by atoms with van der Waals surface area (Å²) < 4.78 is 18.3. The van der Waals surface area contributed by atoms with Crippen molar-refractivity contribution in [2.24, 2.45) is 5.73 Å². The quantitative estimate of drug-likeness (QED) is 0.271. The van der Waals surface area contributed by atoms with Gasteiger partial charge in [-0.1, -0.05) is 60.7 Å². The Kier molecular flexibility index (Phi) is 9.88. The van der Waals surface area contributed by atoms with Gasteiger partial charge in [-0.3, -0.25) is 13.9 Å². The number of amides is 1. The van der Waals surface area contributed by atoms with Crippen LogP contribution in [0.3, 0.4) is 0 Å². The maximum absolute atomic E-state index is 13.1. The van der Waals surface area contributed by atoms with Crippen LogP contribution >= 0.6 is 7.60 Å². The van der Waals surface area contributed by atoms with Gasteiger partial charge in [0.2, 0.25) is 5.91 Å². The number of rotatable bonds is 13. The largest absolute Gasteiger partial charge is 0.479 e. The molecule has 31 heavy (non-hydrogen) atoms. The molecule has 0 fully saturated rings. The standard InChI is InChI=1S/C22H29N2O6P.H2/c23-16-8-7-13-19(22(26)27)30-31(28,29)21(18-11-5-2-6-12-18)24-20(25)15-14-17-9-3-1-4-10-17;/h1-6,9-12,19,21H,7-8,13-16,23H2,(H,24,25)(H,26,27)(H,28,29);1H. The molecule has 0 aliphatic heterocycles. The van der Waals surface area contributed by atoms with E-state index in [2.05, 4.69) is 5.32 Å². The van der Waals surface area contributed by atoms with Crippen LogP contribution < -0.4 is 11.1 Å². The van der Waals surface area contributed by atoms with E-state index in [1.54, 1.807) is 30.3 Å². The van der Waals surface area contributed by atoms with Crippen molar-refractivity contribution >= 4 is 19.5 Å². The van der Waals surface area contributed by atoms with Gasteiger partial charge in [0.15, 0.2) is 11.9 Å². The van der Waals surface area contributed by atoms with Crippen LogP contribution in [0.15, 0.2) is 60.7 Å². The molecule has 0 radical (unpaired) electrons. The summed E-state index contributed by atoms with van der Waals surface area (Å²) >= 11 is 0. The lowest BCUT2D eigenvalue weighted by atomic mass is 10.1. The van der Waals surface area contributed by atoms with Crippen molar-refractivity contribution in [3.05, 3.63) is 71.8 Å². The Bertz CT molecular complexity index is 885. The predicted molar refractivity (Wildman–Crippen MR) is 119 cm³/mol. The van der Waals surface area contributed by atoms with Crippen molar-refractivity contribution in [1.29, 1.82) is 0 Å². The van der Waals surface area contributed by atoms with Gasteiger partial charge in [0.05, 0.1) is 0 Å². The fraction of sp³-hybridized carbons (Fsp3) is 0.364. The summed E-state index contributed by atoms with van der Waals surface area (Å²) in [6, 6.07) is 17.6. The van der Waals surface area contributed by atoms with E-state index < -0.39 is 31.4 Å². The molecule has 0 saturated carbocycles. The fourth-order valence-electron chi connectivity index (χ4n) is 3.05. The first kappa shape index (κ1) is 24.8. The molecule has 0 bridgehead atoms. The summed E-state index contributed by atoms with van der Waals surface area (Å²) in [7, 11) is -4.58. The number of aliphatic carboxylic acids is 1. The SMILES string of the molecule is NCCCCC(OP(=O)(O)C(NC(=O)CCc1ccccc1)c1ccccc1)C(=O)O.[HH]. The Labute approximate surface area is 183 Å². The zero-order chi connectivity index (χ0) is 22.7. The summed E-state index contributed by atoms with van der Waals surface area (Å²) in [6.07, 6.45) is 0.137. The third-order valence-electron chi connectivity index (χ3n) is 4.70. The van der Waals surface area contributed by atoms with Gasteiger partial charge in [-0.2, -0.15) is 0 Å². The molecule has 1 amide bonds. The molecular weight excluding hydrogens is 419 g/mol. The predicted octanol–water partition coefficient (Wildman–Crippen LogP) is 3.46. The molecule has 0 heterocycles. The topological polar surface area (TPSA) is 139 Å². The van der Waals surface area contributed by atoms with E-state index in [1.807, 2.05) is 30.3 Å². The summed E-state index contributed by atoms with van der Waals surface area (Å²) in [5.74, 6) is -3.16. The van der Waals surface area contributed by atoms with E-state index in [0.717, 1.165) is 5.56 Å². The zero-order valence-corrected chi connectivity index (χ0v) is 18.1. The van der Waals surface area contributed by atoms with E-state index in [0.29, 0.717) is 31.4 Å². The van der Waals surface area contributed by atoms with Crippen molar-refractivity contribution in [3.63, 3.8) is 0 Å². The Morgan fingerprint density at radius 1 is 1.06 bits per heavy atom. The highest BCUT2D eigenvalue weighted by Gasteiger charge is 2.39. The molecule has 2 rings (SSSR count). The van der Waals surface area contributed by atoms with Crippen molar-refractivity contribution < 1.29 is 30.1 Å². The van der Waals surface area contributed by atoms with Gasteiger partial charge in [0.1, 0.15) is 0 Å². The number of hydrogen-bond acceptors (Lipinski definition) is 5. The number of nitrogens with one attached hydrogen (secondary N) is 1. The number of carbonyl (C=O) groups excluding carboxylic acids is 1. The van der Waals surface area contributed by atoms with Gasteiger partial charge in [-0.05, 0) is 43.4 Å². The number of carbonyl (C=O) groups is 2. The average Bonchev–Trinajstić information content (AvgIpc) is 2.76. The molecule has 0 aliphatic carbocycles. The van der Waals surface area contributed by atoms with Crippen LogP contribution in [-0.2, 0) is 25.1 Å². The molecule has 9 heteroatoms. The summed E-state index contributed by atoms with van der Waals surface area (Å²) in [4.78, 5) is 34.8. The van der Waals surface area contributed by atoms with E-state index in [4.69, 9.17) is 10.3 Å². The Balaban J connectivity index is 0.00000512. The maximum atomic E-state index is 13.1. The molecular formula is C22H31N2O6P. The highest BCUT2D eigenvalue weighted by atomic mass is 31.2. The molecule has 170 valence electrons. The van der Waals surface area contributed by atoms with E-state index >= 15 is 0 Å². The van der Waals surface area contributed by atoms with E-state index in [-0.39, 0.29) is 14.3 Å². The number of carboxylic acid groups (broad SMARTS) is 1. The van der Waals surface area contributed by atoms with E-state index in [9.17, 15) is 24.2 Å². The highest BCUT2D eigenvalue weighted by Crippen LogP contribution is 2.56.